The summed E-state index contributed by atoms with van der Waals surface area (Å²) in [4.78, 5) is 11.4. The van der Waals surface area contributed by atoms with E-state index in [1.165, 1.54) is 12.8 Å². The molecular weight excluding hydrogens is 190 g/mol. The van der Waals surface area contributed by atoms with Gasteiger partial charge in [0.25, 0.3) is 0 Å². The van der Waals surface area contributed by atoms with Crippen LogP contribution in [0.4, 0.5) is 0 Å². The molecule has 1 rings (SSSR count). The molecule has 1 radical (unpaired) electrons. The molecule has 1 saturated heterocycles. The normalized spacial score (nSPS) is 18.9. The van der Waals surface area contributed by atoms with Gasteiger partial charge >= 0.3 is 5.97 Å². The molecule has 0 saturated carbocycles. The molecule has 15 heavy (non-hydrogen) atoms. The van der Waals surface area contributed by atoms with E-state index in [0.717, 1.165) is 19.5 Å². The second-order valence-electron chi connectivity index (χ2n) is 5.17. The molecule has 0 spiro atoms. The van der Waals surface area contributed by atoms with Crippen molar-refractivity contribution in [1.29, 1.82) is 0 Å². The molecule has 1 fully saturated rings. The predicted octanol–water partition coefficient (Wildman–Crippen LogP) is 1.92. The van der Waals surface area contributed by atoms with E-state index < -0.39 is 0 Å². The first-order chi connectivity index (χ1) is 6.97. The second-order valence-corrected chi connectivity index (χ2v) is 5.17. The van der Waals surface area contributed by atoms with Crippen LogP contribution in [0, 0.1) is 12.3 Å². The number of hydrogen-bond donors (Lipinski definition) is 1. The molecular formula is C12H22NO2. The molecule has 1 N–H and O–H groups in total. The third-order valence-corrected chi connectivity index (χ3v) is 2.48. The van der Waals surface area contributed by atoms with E-state index in [1.807, 2.05) is 20.8 Å². The molecule has 0 atom stereocenters. The Bertz CT molecular complexity index is 202. The van der Waals surface area contributed by atoms with Crippen molar-refractivity contribution in [2.75, 3.05) is 13.1 Å². The van der Waals surface area contributed by atoms with E-state index in [9.17, 15) is 4.79 Å². The van der Waals surface area contributed by atoms with Crippen LogP contribution in [-0.4, -0.2) is 24.7 Å². The van der Waals surface area contributed by atoms with E-state index in [-0.39, 0.29) is 11.6 Å². The van der Waals surface area contributed by atoms with E-state index >= 15 is 0 Å². The SMILES string of the molecule is CC(C)(C)OC(=O)[CH]CC1CCNCC1. The summed E-state index contributed by atoms with van der Waals surface area (Å²) in [5, 5.41) is 3.31. The molecule has 3 nitrogen and oxygen atoms in total. The Kier molecular flexibility index (Phi) is 4.58. The van der Waals surface area contributed by atoms with Crippen molar-refractivity contribution >= 4 is 5.97 Å². The zero-order chi connectivity index (χ0) is 11.3. The number of carbonyl (C=O) groups is 1. The van der Waals surface area contributed by atoms with Crippen molar-refractivity contribution in [2.24, 2.45) is 5.92 Å². The maximum absolute atomic E-state index is 11.4. The van der Waals surface area contributed by atoms with E-state index in [2.05, 4.69) is 5.32 Å². The number of ether oxygens (including phenoxy) is 1. The first-order valence-corrected chi connectivity index (χ1v) is 5.74. The van der Waals surface area contributed by atoms with Gasteiger partial charge in [0.1, 0.15) is 5.60 Å². The minimum absolute atomic E-state index is 0.180. The Hall–Kier alpha value is -0.570. The zero-order valence-corrected chi connectivity index (χ0v) is 10.0. The molecule has 0 unspecified atom stereocenters. The molecule has 0 bridgehead atoms. The summed E-state index contributed by atoms with van der Waals surface area (Å²) in [6.45, 7) is 7.83. The Morgan fingerprint density at radius 1 is 1.40 bits per heavy atom. The summed E-state index contributed by atoms with van der Waals surface area (Å²) in [6, 6.07) is 0. The van der Waals surface area contributed by atoms with Crippen LogP contribution in [0.2, 0.25) is 0 Å². The Balaban J connectivity index is 2.15. The van der Waals surface area contributed by atoms with Crippen molar-refractivity contribution in [1.82, 2.24) is 5.32 Å². The lowest BCUT2D eigenvalue weighted by atomic mass is 9.93. The van der Waals surface area contributed by atoms with Crippen LogP contribution in [0.5, 0.6) is 0 Å². The number of rotatable bonds is 3. The van der Waals surface area contributed by atoms with Crippen molar-refractivity contribution in [2.45, 2.75) is 45.6 Å². The first kappa shape index (κ1) is 12.5. The minimum Gasteiger partial charge on any atom is -0.460 e. The molecule has 87 valence electrons. The van der Waals surface area contributed by atoms with Crippen LogP contribution in [0.15, 0.2) is 0 Å². The molecule has 0 aliphatic carbocycles. The molecule has 1 heterocycles. The Morgan fingerprint density at radius 3 is 2.53 bits per heavy atom. The molecule has 0 aromatic heterocycles. The van der Waals surface area contributed by atoms with Crippen LogP contribution in [0.3, 0.4) is 0 Å². The third-order valence-electron chi connectivity index (χ3n) is 2.48. The summed E-state index contributed by atoms with van der Waals surface area (Å²) in [7, 11) is 0. The smallest absolute Gasteiger partial charge is 0.310 e. The van der Waals surface area contributed by atoms with Crippen molar-refractivity contribution in [3.05, 3.63) is 6.42 Å². The van der Waals surface area contributed by atoms with Crippen LogP contribution < -0.4 is 5.32 Å². The van der Waals surface area contributed by atoms with Gasteiger partial charge in [-0.05, 0) is 59.0 Å². The number of piperidine rings is 1. The molecule has 1 aliphatic rings. The summed E-state index contributed by atoms with van der Waals surface area (Å²) < 4.78 is 5.22. The number of hydrogen-bond acceptors (Lipinski definition) is 3. The van der Waals surface area contributed by atoms with Crippen molar-refractivity contribution in [3.63, 3.8) is 0 Å². The monoisotopic (exact) mass is 212 g/mol. The number of esters is 1. The lowest BCUT2D eigenvalue weighted by molar-refractivity contribution is -0.150. The highest BCUT2D eigenvalue weighted by Crippen LogP contribution is 2.18. The quantitative estimate of drug-likeness (QED) is 0.726. The van der Waals surface area contributed by atoms with E-state index in [1.54, 1.807) is 6.42 Å². The second kappa shape index (κ2) is 5.50. The Morgan fingerprint density at radius 2 is 2.00 bits per heavy atom. The number of carbonyl (C=O) groups excluding carboxylic acids is 1. The van der Waals surface area contributed by atoms with Gasteiger partial charge < -0.3 is 10.1 Å². The van der Waals surface area contributed by atoms with Crippen LogP contribution in [-0.2, 0) is 9.53 Å². The average molecular weight is 212 g/mol. The van der Waals surface area contributed by atoms with Gasteiger partial charge in [0.05, 0.1) is 6.42 Å². The highest BCUT2D eigenvalue weighted by atomic mass is 16.6. The average Bonchev–Trinajstić information content (AvgIpc) is 2.14. The summed E-state index contributed by atoms with van der Waals surface area (Å²) >= 11 is 0. The highest BCUT2D eigenvalue weighted by Gasteiger charge is 2.19. The lowest BCUT2D eigenvalue weighted by Gasteiger charge is -2.23. The van der Waals surface area contributed by atoms with Gasteiger partial charge in [0.15, 0.2) is 0 Å². The topological polar surface area (TPSA) is 38.3 Å². The largest absolute Gasteiger partial charge is 0.460 e. The lowest BCUT2D eigenvalue weighted by Crippen LogP contribution is -2.29. The number of nitrogens with one attached hydrogen (secondary N) is 1. The maximum atomic E-state index is 11.4. The highest BCUT2D eigenvalue weighted by molar-refractivity contribution is 5.79. The minimum atomic E-state index is -0.373. The standard InChI is InChI=1S/C12H22NO2/c1-12(2,3)15-11(14)5-4-10-6-8-13-9-7-10/h5,10,13H,4,6-9H2,1-3H3. The van der Waals surface area contributed by atoms with Crippen molar-refractivity contribution in [3.8, 4) is 0 Å². The van der Waals surface area contributed by atoms with Gasteiger partial charge in [0, 0.05) is 0 Å². The zero-order valence-electron chi connectivity index (χ0n) is 10.0. The van der Waals surface area contributed by atoms with Crippen LogP contribution in [0.25, 0.3) is 0 Å². The summed E-state index contributed by atoms with van der Waals surface area (Å²) in [5.74, 6) is 0.472. The van der Waals surface area contributed by atoms with Gasteiger partial charge in [-0.2, -0.15) is 0 Å². The summed E-state index contributed by atoms with van der Waals surface area (Å²) in [6.07, 6.45) is 4.89. The summed E-state index contributed by atoms with van der Waals surface area (Å²) in [5.41, 5.74) is -0.373. The van der Waals surface area contributed by atoms with Crippen LogP contribution >= 0.6 is 0 Å². The fourth-order valence-electron chi connectivity index (χ4n) is 1.72. The van der Waals surface area contributed by atoms with E-state index in [4.69, 9.17) is 4.74 Å². The molecule has 3 heteroatoms. The molecule has 0 aromatic carbocycles. The third kappa shape index (κ3) is 5.78. The molecule has 0 amide bonds. The van der Waals surface area contributed by atoms with Crippen LogP contribution in [0.1, 0.15) is 40.0 Å². The van der Waals surface area contributed by atoms with Gasteiger partial charge in [-0.3, -0.25) is 4.79 Å². The first-order valence-electron chi connectivity index (χ1n) is 5.74. The van der Waals surface area contributed by atoms with Gasteiger partial charge in [-0.25, -0.2) is 0 Å². The van der Waals surface area contributed by atoms with Gasteiger partial charge in [-0.15, -0.1) is 0 Å². The Labute approximate surface area is 92.6 Å². The van der Waals surface area contributed by atoms with Gasteiger partial charge in [0.2, 0.25) is 0 Å². The fraction of sp³-hybridized carbons (Fsp3) is 0.833. The van der Waals surface area contributed by atoms with Gasteiger partial charge in [-0.1, -0.05) is 0 Å². The maximum Gasteiger partial charge on any atom is 0.310 e. The predicted molar refractivity (Wildman–Crippen MR) is 60.4 cm³/mol. The molecule has 1 aliphatic heterocycles. The van der Waals surface area contributed by atoms with Crippen molar-refractivity contribution < 1.29 is 9.53 Å². The fourth-order valence-corrected chi connectivity index (χ4v) is 1.72. The molecule has 0 aromatic rings. The van der Waals surface area contributed by atoms with E-state index in [0.29, 0.717) is 5.92 Å².